The lowest BCUT2D eigenvalue weighted by Gasteiger charge is -2.44. The standard InChI is InChI=1S/C30H33F2N5O/c1-3-13-36-14-15-37(21(2)20-36)29(19-34-30(38)35-26-11-12-27(31)28(32)17-26)24-9-7-23(8-10-24)25-6-4-5-22(16-25)18-33/h4-12,16-17,21,29H,3,13-15,19-20H2,1-2H3,(H2,34,35,38)/t21-,29-/m0/s1. The van der Waals surface area contributed by atoms with Gasteiger partial charge in [0.05, 0.1) is 17.7 Å². The highest BCUT2D eigenvalue weighted by Gasteiger charge is 2.30. The molecule has 1 fully saturated rings. The van der Waals surface area contributed by atoms with E-state index >= 15 is 0 Å². The third-order valence-electron chi connectivity index (χ3n) is 6.96. The molecule has 6 nitrogen and oxygen atoms in total. The zero-order valence-electron chi connectivity index (χ0n) is 21.8. The molecule has 1 aliphatic heterocycles. The Labute approximate surface area is 222 Å². The minimum Gasteiger partial charge on any atom is -0.336 e. The summed E-state index contributed by atoms with van der Waals surface area (Å²) in [5, 5.41) is 14.7. The van der Waals surface area contributed by atoms with Crippen molar-refractivity contribution < 1.29 is 13.6 Å². The molecule has 0 spiro atoms. The van der Waals surface area contributed by atoms with Crippen molar-refractivity contribution in [1.82, 2.24) is 15.1 Å². The summed E-state index contributed by atoms with van der Waals surface area (Å²) in [6.07, 6.45) is 1.11. The second kappa shape index (κ2) is 12.6. The van der Waals surface area contributed by atoms with Crippen LogP contribution in [0.3, 0.4) is 0 Å². The van der Waals surface area contributed by atoms with E-state index in [1.54, 1.807) is 6.07 Å². The summed E-state index contributed by atoms with van der Waals surface area (Å²) in [5.41, 5.74) is 3.84. The Kier molecular flexibility index (Phi) is 9.06. The highest BCUT2D eigenvalue weighted by molar-refractivity contribution is 5.89. The lowest BCUT2D eigenvalue weighted by atomic mass is 9.97. The molecule has 1 heterocycles. The molecule has 2 amide bonds. The van der Waals surface area contributed by atoms with Gasteiger partial charge in [0.15, 0.2) is 11.6 Å². The second-order valence-corrected chi connectivity index (χ2v) is 9.68. The first kappa shape index (κ1) is 27.2. The van der Waals surface area contributed by atoms with Crippen LogP contribution in [0.15, 0.2) is 66.7 Å². The number of nitrogens with zero attached hydrogens (tertiary/aromatic N) is 3. The first-order chi connectivity index (χ1) is 18.4. The van der Waals surface area contributed by atoms with Gasteiger partial charge in [-0.3, -0.25) is 4.90 Å². The molecule has 0 bridgehead atoms. The predicted molar refractivity (Wildman–Crippen MR) is 146 cm³/mol. The number of urea groups is 1. The van der Waals surface area contributed by atoms with Crippen LogP contribution in [0.2, 0.25) is 0 Å². The van der Waals surface area contributed by atoms with E-state index in [4.69, 9.17) is 0 Å². The summed E-state index contributed by atoms with van der Waals surface area (Å²) in [4.78, 5) is 17.5. The quantitative estimate of drug-likeness (QED) is 0.397. The molecule has 0 unspecified atom stereocenters. The van der Waals surface area contributed by atoms with Crippen LogP contribution in [-0.2, 0) is 0 Å². The lowest BCUT2D eigenvalue weighted by molar-refractivity contribution is 0.0490. The number of anilines is 1. The third-order valence-corrected chi connectivity index (χ3v) is 6.96. The van der Waals surface area contributed by atoms with Crippen molar-refractivity contribution in [2.75, 3.05) is 38.0 Å². The number of carbonyl (C=O) groups excluding carboxylic acids is 1. The summed E-state index contributed by atoms with van der Waals surface area (Å²) >= 11 is 0. The number of amides is 2. The van der Waals surface area contributed by atoms with Gasteiger partial charge in [-0.05, 0) is 60.8 Å². The van der Waals surface area contributed by atoms with Crippen LogP contribution < -0.4 is 10.6 Å². The Morgan fingerprint density at radius 3 is 2.53 bits per heavy atom. The van der Waals surface area contributed by atoms with Crippen LogP contribution >= 0.6 is 0 Å². The maximum Gasteiger partial charge on any atom is 0.319 e. The van der Waals surface area contributed by atoms with Crippen molar-refractivity contribution in [3.8, 4) is 17.2 Å². The van der Waals surface area contributed by atoms with E-state index in [0.29, 0.717) is 12.1 Å². The number of benzene rings is 3. The van der Waals surface area contributed by atoms with Crippen molar-refractivity contribution in [3.63, 3.8) is 0 Å². The van der Waals surface area contributed by atoms with Crippen LogP contribution in [0.4, 0.5) is 19.3 Å². The number of nitriles is 1. The van der Waals surface area contributed by atoms with Gasteiger partial charge in [-0.1, -0.05) is 43.3 Å². The predicted octanol–water partition coefficient (Wildman–Crippen LogP) is 5.78. The number of hydrogen-bond acceptors (Lipinski definition) is 4. The highest BCUT2D eigenvalue weighted by atomic mass is 19.2. The molecule has 0 saturated carbocycles. The monoisotopic (exact) mass is 517 g/mol. The maximum absolute atomic E-state index is 13.6. The van der Waals surface area contributed by atoms with Gasteiger partial charge in [0.25, 0.3) is 0 Å². The van der Waals surface area contributed by atoms with Crippen molar-refractivity contribution in [1.29, 1.82) is 5.26 Å². The summed E-state index contributed by atoms with van der Waals surface area (Å²) < 4.78 is 26.8. The average Bonchev–Trinajstić information content (AvgIpc) is 2.92. The molecule has 2 N–H and O–H groups in total. The molecule has 1 saturated heterocycles. The van der Waals surface area contributed by atoms with Gasteiger partial charge in [0.2, 0.25) is 0 Å². The van der Waals surface area contributed by atoms with Gasteiger partial charge < -0.3 is 15.5 Å². The van der Waals surface area contributed by atoms with E-state index in [-0.39, 0.29) is 17.8 Å². The summed E-state index contributed by atoms with van der Waals surface area (Å²) in [6.45, 7) is 8.57. The first-order valence-electron chi connectivity index (χ1n) is 13.0. The molecular formula is C30H33F2N5O. The Bertz CT molecular complexity index is 1290. The SMILES string of the molecule is CCCN1CCN([C@@H](CNC(=O)Nc2ccc(F)c(F)c2)c2ccc(-c3cccc(C#N)c3)cc2)[C@@H](C)C1. The van der Waals surface area contributed by atoms with E-state index in [1.165, 1.54) is 6.07 Å². The zero-order chi connectivity index (χ0) is 27.1. The van der Waals surface area contributed by atoms with E-state index < -0.39 is 17.7 Å². The fourth-order valence-corrected chi connectivity index (χ4v) is 5.06. The van der Waals surface area contributed by atoms with E-state index in [1.807, 2.05) is 30.3 Å². The summed E-state index contributed by atoms with van der Waals surface area (Å²) in [6, 6.07) is 20.9. The highest BCUT2D eigenvalue weighted by Crippen LogP contribution is 2.28. The Morgan fingerprint density at radius 2 is 1.84 bits per heavy atom. The first-order valence-corrected chi connectivity index (χ1v) is 13.0. The lowest BCUT2D eigenvalue weighted by Crippen LogP contribution is -2.54. The molecule has 0 aromatic heterocycles. The van der Waals surface area contributed by atoms with Crippen LogP contribution in [-0.4, -0.2) is 54.6 Å². The topological polar surface area (TPSA) is 71.4 Å². The number of halogens is 2. The van der Waals surface area contributed by atoms with E-state index in [0.717, 1.165) is 61.4 Å². The molecule has 3 aromatic carbocycles. The summed E-state index contributed by atoms with van der Waals surface area (Å²) in [5.74, 6) is -1.98. The number of nitrogens with one attached hydrogen (secondary N) is 2. The maximum atomic E-state index is 13.6. The van der Waals surface area contributed by atoms with Gasteiger partial charge in [-0.15, -0.1) is 0 Å². The van der Waals surface area contributed by atoms with Crippen molar-refractivity contribution in [3.05, 3.63) is 89.5 Å². The minimum atomic E-state index is -1.01. The Morgan fingerprint density at radius 1 is 1.05 bits per heavy atom. The fraction of sp³-hybridized carbons (Fsp3) is 0.333. The molecule has 198 valence electrons. The molecule has 4 rings (SSSR count). The molecule has 0 radical (unpaired) electrons. The number of carbonyl (C=O) groups is 1. The average molecular weight is 518 g/mol. The molecule has 8 heteroatoms. The fourth-order valence-electron chi connectivity index (χ4n) is 5.06. The normalized spacial score (nSPS) is 17.0. The molecule has 2 atom stereocenters. The van der Waals surface area contributed by atoms with Crippen LogP contribution in [0.25, 0.3) is 11.1 Å². The molecule has 3 aromatic rings. The van der Waals surface area contributed by atoms with Gasteiger partial charge in [0.1, 0.15) is 0 Å². The number of rotatable bonds is 8. The second-order valence-electron chi connectivity index (χ2n) is 9.68. The van der Waals surface area contributed by atoms with Crippen LogP contribution in [0, 0.1) is 23.0 Å². The van der Waals surface area contributed by atoms with Gasteiger partial charge in [-0.2, -0.15) is 5.26 Å². The molecular weight excluding hydrogens is 484 g/mol. The van der Waals surface area contributed by atoms with Crippen LogP contribution in [0.1, 0.15) is 37.4 Å². The van der Waals surface area contributed by atoms with E-state index in [2.05, 4.69) is 52.5 Å². The van der Waals surface area contributed by atoms with Crippen molar-refractivity contribution >= 4 is 11.7 Å². The van der Waals surface area contributed by atoms with Crippen LogP contribution in [0.5, 0.6) is 0 Å². The van der Waals surface area contributed by atoms with Gasteiger partial charge in [-0.25, -0.2) is 13.6 Å². The number of hydrogen-bond donors (Lipinski definition) is 2. The third kappa shape index (κ3) is 6.74. The van der Waals surface area contributed by atoms with Crippen molar-refractivity contribution in [2.24, 2.45) is 0 Å². The molecule has 38 heavy (non-hydrogen) atoms. The smallest absolute Gasteiger partial charge is 0.319 e. The van der Waals surface area contributed by atoms with Crippen molar-refractivity contribution in [2.45, 2.75) is 32.4 Å². The Hall–Kier alpha value is -3.80. The molecule has 0 aliphatic carbocycles. The zero-order valence-corrected chi connectivity index (χ0v) is 21.8. The Balaban J connectivity index is 1.52. The molecule has 1 aliphatic rings. The van der Waals surface area contributed by atoms with Gasteiger partial charge >= 0.3 is 6.03 Å². The van der Waals surface area contributed by atoms with Gasteiger partial charge in [0, 0.05) is 44.0 Å². The summed E-state index contributed by atoms with van der Waals surface area (Å²) in [7, 11) is 0. The van der Waals surface area contributed by atoms with E-state index in [9.17, 15) is 18.8 Å². The number of piperazine rings is 1. The largest absolute Gasteiger partial charge is 0.336 e. The minimum absolute atomic E-state index is 0.0797.